The highest BCUT2D eigenvalue weighted by Gasteiger charge is 2.98. The maximum Gasteiger partial charge on any atom is 0.294 e. The van der Waals surface area contributed by atoms with Gasteiger partial charge in [0.25, 0.3) is 17.3 Å². The minimum Gasteiger partial charge on any atom is -0.347 e. The molecule has 0 spiro atoms. The molecule has 154 valence electrons. The van der Waals surface area contributed by atoms with Crippen LogP contribution >= 0.6 is 0 Å². The van der Waals surface area contributed by atoms with Crippen LogP contribution in [0.5, 0.6) is 0 Å². The van der Waals surface area contributed by atoms with E-state index >= 15 is 0 Å². The van der Waals surface area contributed by atoms with Gasteiger partial charge in [0.15, 0.2) is 0 Å². The van der Waals surface area contributed by atoms with Crippen molar-refractivity contribution in [2.24, 2.45) is 5.41 Å². The van der Waals surface area contributed by atoms with E-state index in [1.165, 1.54) is 11.1 Å². The average molecular weight is 394 g/mol. The van der Waals surface area contributed by atoms with Gasteiger partial charge in [-0.05, 0) is 77.6 Å². The van der Waals surface area contributed by atoms with Gasteiger partial charge in [-0.3, -0.25) is 0 Å². The first-order valence-corrected chi connectivity index (χ1v) is 10.3. The van der Waals surface area contributed by atoms with Crippen molar-refractivity contribution in [3.63, 3.8) is 0 Å². The van der Waals surface area contributed by atoms with Gasteiger partial charge in [0.1, 0.15) is 16.8 Å². The topological polar surface area (TPSA) is 46.7 Å². The predicted octanol–water partition coefficient (Wildman–Crippen LogP) is 4.54. The Morgan fingerprint density at radius 1 is 0.724 bits per heavy atom. The van der Waals surface area contributed by atoms with Crippen LogP contribution in [0.3, 0.4) is 0 Å². The number of aryl methyl sites for hydroxylation is 6. The molecule has 0 amide bonds. The van der Waals surface area contributed by atoms with Crippen molar-refractivity contribution in [2.75, 3.05) is 4.90 Å². The first-order chi connectivity index (χ1) is 13.3. The van der Waals surface area contributed by atoms with Gasteiger partial charge in [-0.2, -0.15) is 9.48 Å². The maximum absolute atomic E-state index is 11.9. The number of nitrogens with zero attached hydrogens (tertiary/aromatic N) is 2. The summed E-state index contributed by atoms with van der Waals surface area (Å²) >= 11 is 0. The van der Waals surface area contributed by atoms with Crippen molar-refractivity contribution >= 4 is 17.2 Å². The molecule has 29 heavy (non-hydrogen) atoms. The van der Waals surface area contributed by atoms with E-state index < -0.39 is 16.9 Å². The summed E-state index contributed by atoms with van der Waals surface area (Å²) in [6.45, 7) is 18.3. The van der Waals surface area contributed by atoms with E-state index in [1.807, 2.05) is 30.2 Å². The van der Waals surface area contributed by atoms with E-state index in [-0.39, 0.29) is 0 Å². The highest BCUT2D eigenvalue weighted by molar-refractivity contribution is 6.00. The smallest absolute Gasteiger partial charge is 0.294 e. The molecular weight excluding hydrogens is 360 g/mol. The number of hydrogen-bond donors (Lipinski definition) is 2. The molecule has 2 N–H and O–H groups in total. The van der Waals surface area contributed by atoms with E-state index in [1.54, 1.807) is 0 Å². The van der Waals surface area contributed by atoms with Gasteiger partial charge < -0.3 is 10.2 Å². The van der Waals surface area contributed by atoms with E-state index in [4.69, 9.17) is 0 Å². The van der Waals surface area contributed by atoms with Gasteiger partial charge in [0.2, 0.25) is 0 Å². The fraction of sp³-hybridized carbons (Fsp3) is 0.480. The molecule has 0 radical (unpaired) electrons. The zero-order valence-corrected chi connectivity index (χ0v) is 19.1. The zero-order chi connectivity index (χ0) is 21.7. The molecule has 4 heteroatoms. The lowest BCUT2D eigenvalue weighted by atomic mass is 10.0. The van der Waals surface area contributed by atoms with E-state index in [0.29, 0.717) is 0 Å². The van der Waals surface area contributed by atoms with Gasteiger partial charge in [-0.25, -0.2) is 0 Å². The van der Waals surface area contributed by atoms with Crippen LogP contribution in [-0.2, 0) is 0 Å². The lowest BCUT2D eigenvalue weighted by Crippen LogP contribution is -2.44. The van der Waals surface area contributed by atoms with Gasteiger partial charge in [-0.1, -0.05) is 35.4 Å². The Labute approximate surface area is 174 Å². The van der Waals surface area contributed by atoms with E-state index in [0.717, 1.165) is 39.5 Å². The summed E-state index contributed by atoms with van der Waals surface area (Å²) in [5, 5.41) is 23.9. The summed E-state index contributed by atoms with van der Waals surface area (Å²) in [5.41, 5.74) is 5.19. The number of rotatable bonds is 2. The maximum atomic E-state index is 11.9. The third-order valence-electron chi connectivity index (χ3n) is 7.18. The molecule has 1 fully saturated rings. The molecule has 2 aromatic carbocycles. The first kappa shape index (κ1) is 20.1. The third-order valence-corrected chi connectivity index (χ3v) is 7.18. The molecule has 4 rings (SSSR count). The first-order valence-electron chi connectivity index (χ1n) is 10.3. The van der Waals surface area contributed by atoms with Gasteiger partial charge in [0.05, 0.1) is 0 Å². The lowest BCUT2D eigenvalue weighted by Gasteiger charge is -2.25. The van der Waals surface area contributed by atoms with Gasteiger partial charge in [-0.15, -0.1) is 0 Å². The Morgan fingerprint density at radius 2 is 1.14 bits per heavy atom. The molecular formula is C25H33N2O2+. The average Bonchev–Trinajstić information content (AvgIpc) is 2.81. The van der Waals surface area contributed by atoms with Crippen molar-refractivity contribution in [3.05, 3.63) is 57.6 Å². The Kier molecular flexibility index (Phi) is 3.96. The Morgan fingerprint density at radius 3 is 1.59 bits per heavy atom. The van der Waals surface area contributed by atoms with Crippen LogP contribution in [0.15, 0.2) is 24.3 Å². The van der Waals surface area contributed by atoms with Crippen molar-refractivity contribution in [1.29, 1.82) is 0 Å². The summed E-state index contributed by atoms with van der Waals surface area (Å²) < 4.78 is 1.97. The van der Waals surface area contributed by atoms with Crippen LogP contribution in [0.4, 0.5) is 11.4 Å². The van der Waals surface area contributed by atoms with Crippen LogP contribution in [-0.4, -0.2) is 32.1 Å². The summed E-state index contributed by atoms with van der Waals surface area (Å²) in [6.07, 6.45) is 0. The Bertz CT molecular complexity index is 1050. The van der Waals surface area contributed by atoms with Gasteiger partial charge in [0, 0.05) is 6.92 Å². The predicted molar refractivity (Wildman–Crippen MR) is 118 cm³/mol. The van der Waals surface area contributed by atoms with E-state index in [9.17, 15) is 10.2 Å². The fourth-order valence-corrected chi connectivity index (χ4v) is 5.92. The molecule has 2 aromatic rings. The SMILES string of the molecule is CC1=[N+](c2c(C)cc(C)cc2C)C2(O)C(C)(C)C2(O)N1c1c(C)cc(C)cc1C. The quantitative estimate of drug-likeness (QED) is 0.737. The normalized spacial score (nSPS) is 27.5. The summed E-state index contributed by atoms with van der Waals surface area (Å²) in [7, 11) is 0. The number of fused-ring (bicyclic) bond motifs is 1. The highest BCUT2D eigenvalue weighted by atomic mass is 16.4. The number of hydrogen-bond acceptors (Lipinski definition) is 3. The fourth-order valence-electron chi connectivity index (χ4n) is 5.92. The molecule has 0 bridgehead atoms. The number of anilines is 1. The van der Waals surface area contributed by atoms with Crippen molar-refractivity contribution in [3.8, 4) is 0 Å². The Hall–Kier alpha value is -2.17. The van der Waals surface area contributed by atoms with Crippen LogP contribution < -0.4 is 4.90 Å². The third kappa shape index (κ3) is 2.14. The molecule has 2 unspecified atom stereocenters. The van der Waals surface area contributed by atoms with Crippen molar-refractivity contribution in [1.82, 2.24) is 0 Å². The van der Waals surface area contributed by atoms with Crippen LogP contribution in [0.25, 0.3) is 0 Å². The lowest BCUT2D eigenvalue weighted by molar-refractivity contribution is -0.568. The minimum absolute atomic E-state index is 0.729. The molecule has 1 aliphatic carbocycles. The molecule has 2 atom stereocenters. The monoisotopic (exact) mass is 393 g/mol. The molecule has 0 saturated heterocycles. The standard InChI is InChI=1S/C25H33N2O2/c1-14-10-16(3)21(17(4)11-14)26-20(7)27(25(29)23(8,9)24(25,26)28)22-18(5)12-15(2)13-19(22)6/h10-13,28-29H,1-9H3/q+1. The zero-order valence-electron chi connectivity index (χ0n) is 19.1. The largest absolute Gasteiger partial charge is 0.347 e. The minimum atomic E-state index is -1.40. The Balaban J connectivity index is 2.06. The highest BCUT2D eigenvalue weighted by Crippen LogP contribution is 2.71. The number of amidine groups is 1. The molecule has 1 aliphatic heterocycles. The summed E-state index contributed by atoms with van der Waals surface area (Å²) in [6, 6.07) is 8.55. The molecule has 4 nitrogen and oxygen atoms in total. The van der Waals surface area contributed by atoms with E-state index in [2.05, 4.69) is 65.8 Å². The van der Waals surface area contributed by atoms with Crippen LogP contribution in [0.1, 0.15) is 54.2 Å². The van der Waals surface area contributed by atoms with Gasteiger partial charge >= 0.3 is 0 Å². The van der Waals surface area contributed by atoms with Crippen LogP contribution in [0.2, 0.25) is 0 Å². The molecule has 1 saturated carbocycles. The molecule has 2 aliphatic rings. The van der Waals surface area contributed by atoms with Crippen molar-refractivity contribution < 1.29 is 14.8 Å². The summed E-state index contributed by atoms with van der Waals surface area (Å²) in [5.74, 6) is 0.847. The number of aliphatic hydroxyl groups is 2. The van der Waals surface area contributed by atoms with Crippen LogP contribution in [0, 0.1) is 47.0 Å². The molecule has 1 heterocycles. The second-order valence-electron chi connectivity index (χ2n) is 9.68. The van der Waals surface area contributed by atoms with Crippen molar-refractivity contribution in [2.45, 2.75) is 73.8 Å². The second-order valence-corrected chi connectivity index (χ2v) is 9.68. The second kappa shape index (κ2) is 5.71. The summed E-state index contributed by atoms with van der Waals surface area (Å²) in [4.78, 5) is 1.97. The molecule has 0 aromatic heterocycles. The number of benzene rings is 2.